The van der Waals surface area contributed by atoms with Crippen LogP contribution in [0, 0.1) is 5.92 Å². The van der Waals surface area contributed by atoms with Crippen molar-refractivity contribution in [2.75, 3.05) is 11.9 Å². The van der Waals surface area contributed by atoms with Crippen molar-refractivity contribution in [3.63, 3.8) is 0 Å². The average Bonchev–Trinajstić information content (AvgIpc) is 2.87. The van der Waals surface area contributed by atoms with E-state index in [-0.39, 0.29) is 11.8 Å². The van der Waals surface area contributed by atoms with Gasteiger partial charge in [0.1, 0.15) is 11.8 Å². The van der Waals surface area contributed by atoms with Crippen LogP contribution in [-0.4, -0.2) is 23.7 Å². The summed E-state index contributed by atoms with van der Waals surface area (Å²) in [6, 6.07) is 5.35. The summed E-state index contributed by atoms with van der Waals surface area (Å²) >= 11 is 0. The van der Waals surface area contributed by atoms with Crippen molar-refractivity contribution in [3.05, 3.63) is 35.9 Å². The summed E-state index contributed by atoms with van der Waals surface area (Å²) < 4.78 is 5.60. The third kappa shape index (κ3) is 1.87. The van der Waals surface area contributed by atoms with Crippen molar-refractivity contribution in [2.24, 2.45) is 5.92 Å². The standard InChI is InChI=1S/C15H17NO3/c1-2-19-12-8-4-7-10-9-5-3-6-11(9)14(15(17)18)16-13(10)12/h3-5,7-9,11,14,16H,2,6H2,1H3,(H,17,18)/t9-,11+,14-/m1/s1. The Morgan fingerprint density at radius 1 is 1.53 bits per heavy atom. The summed E-state index contributed by atoms with van der Waals surface area (Å²) in [5.41, 5.74) is 1.98. The van der Waals surface area contributed by atoms with Gasteiger partial charge in [-0.15, -0.1) is 0 Å². The Labute approximate surface area is 112 Å². The molecule has 1 heterocycles. The first-order valence-electron chi connectivity index (χ1n) is 6.64. The Kier molecular flexibility index (Phi) is 2.93. The number of ether oxygens (including phenoxy) is 1. The van der Waals surface area contributed by atoms with E-state index in [1.165, 1.54) is 0 Å². The Bertz CT molecular complexity index is 538. The molecule has 0 aromatic heterocycles. The van der Waals surface area contributed by atoms with E-state index in [0.29, 0.717) is 6.61 Å². The fraction of sp³-hybridized carbons (Fsp3) is 0.400. The van der Waals surface area contributed by atoms with Crippen LogP contribution in [0.2, 0.25) is 0 Å². The van der Waals surface area contributed by atoms with Crippen molar-refractivity contribution in [1.82, 2.24) is 0 Å². The number of carboxylic acid groups (broad SMARTS) is 1. The molecule has 3 rings (SSSR count). The second kappa shape index (κ2) is 4.61. The highest BCUT2D eigenvalue weighted by atomic mass is 16.5. The topological polar surface area (TPSA) is 58.6 Å². The number of allylic oxidation sites excluding steroid dienone is 2. The highest BCUT2D eigenvalue weighted by Crippen LogP contribution is 2.47. The van der Waals surface area contributed by atoms with E-state index in [4.69, 9.17) is 4.74 Å². The van der Waals surface area contributed by atoms with Gasteiger partial charge in [0.15, 0.2) is 0 Å². The molecular formula is C15H17NO3. The van der Waals surface area contributed by atoms with E-state index in [1.54, 1.807) is 0 Å². The zero-order chi connectivity index (χ0) is 13.4. The number of carboxylic acids is 1. The SMILES string of the molecule is CCOc1cccc2c1N[C@@H](C(=O)O)[C@H]1CC=C[C@H]21. The van der Waals surface area contributed by atoms with Gasteiger partial charge < -0.3 is 15.2 Å². The molecule has 0 saturated carbocycles. The van der Waals surface area contributed by atoms with E-state index in [0.717, 1.165) is 23.4 Å². The van der Waals surface area contributed by atoms with E-state index >= 15 is 0 Å². The molecule has 0 fully saturated rings. The second-order valence-corrected chi connectivity index (χ2v) is 4.97. The molecular weight excluding hydrogens is 242 g/mol. The maximum Gasteiger partial charge on any atom is 0.326 e. The van der Waals surface area contributed by atoms with Crippen LogP contribution in [0.3, 0.4) is 0 Å². The molecule has 1 aliphatic carbocycles. The van der Waals surface area contributed by atoms with Crippen LogP contribution in [0.5, 0.6) is 5.75 Å². The number of fused-ring (bicyclic) bond motifs is 3. The lowest BCUT2D eigenvalue weighted by molar-refractivity contribution is -0.139. The fourth-order valence-corrected chi connectivity index (χ4v) is 3.11. The van der Waals surface area contributed by atoms with E-state index in [1.807, 2.05) is 19.1 Å². The number of hydrogen-bond donors (Lipinski definition) is 2. The number of hydrogen-bond acceptors (Lipinski definition) is 3. The number of carbonyl (C=O) groups is 1. The van der Waals surface area contributed by atoms with E-state index in [2.05, 4.69) is 23.5 Å². The first kappa shape index (κ1) is 12.1. The van der Waals surface area contributed by atoms with Crippen molar-refractivity contribution in [3.8, 4) is 5.75 Å². The van der Waals surface area contributed by atoms with Gasteiger partial charge in [-0.1, -0.05) is 24.3 Å². The third-order valence-electron chi connectivity index (χ3n) is 3.92. The minimum absolute atomic E-state index is 0.0990. The van der Waals surface area contributed by atoms with Crippen molar-refractivity contribution in [2.45, 2.75) is 25.3 Å². The first-order chi connectivity index (χ1) is 9.22. The highest BCUT2D eigenvalue weighted by Gasteiger charge is 2.41. The first-order valence-corrected chi connectivity index (χ1v) is 6.64. The lowest BCUT2D eigenvalue weighted by Gasteiger charge is -2.35. The molecule has 19 heavy (non-hydrogen) atoms. The maximum absolute atomic E-state index is 11.4. The summed E-state index contributed by atoms with van der Waals surface area (Å²) in [7, 11) is 0. The van der Waals surface area contributed by atoms with E-state index < -0.39 is 12.0 Å². The fourth-order valence-electron chi connectivity index (χ4n) is 3.11. The zero-order valence-corrected chi connectivity index (χ0v) is 10.8. The molecule has 100 valence electrons. The molecule has 0 spiro atoms. The van der Waals surface area contributed by atoms with Gasteiger partial charge in [0, 0.05) is 11.8 Å². The van der Waals surface area contributed by atoms with Gasteiger partial charge in [-0.2, -0.15) is 0 Å². The molecule has 0 amide bonds. The minimum Gasteiger partial charge on any atom is -0.492 e. The third-order valence-corrected chi connectivity index (χ3v) is 3.92. The highest BCUT2D eigenvalue weighted by molar-refractivity contribution is 5.82. The minimum atomic E-state index is -0.796. The number of rotatable bonds is 3. The lowest BCUT2D eigenvalue weighted by atomic mass is 9.79. The van der Waals surface area contributed by atoms with Gasteiger partial charge in [-0.3, -0.25) is 0 Å². The molecule has 2 aliphatic rings. The molecule has 4 nitrogen and oxygen atoms in total. The molecule has 1 aromatic rings. The van der Waals surface area contributed by atoms with Crippen LogP contribution in [0.1, 0.15) is 24.8 Å². The van der Waals surface area contributed by atoms with Crippen LogP contribution in [0.25, 0.3) is 0 Å². The predicted molar refractivity (Wildman–Crippen MR) is 72.6 cm³/mol. The number of nitrogens with one attached hydrogen (secondary N) is 1. The molecule has 3 atom stereocenters. The molecule has 1 aromatic carbocycles. The molecule has 0 saturated heterocycles. The number of aliphatic carboxylic acids is 1. The predicted octanol–water partition coefficient (Wildman–Crippen LogP) is 2.62. The van der Waals surface area contributed by atoms with Gasteiger partial charge in [-0.05, 0) is 25.0 Å². The molecule has 1 aliphatic heterocycles. The molecule has 4 heteroatoms. The lowest BCUT2D eigenvalue weighted by Crippen LogP contribution is -2.41. The van der Waals surface area contributed by atoms with Gasteiger partial charge in [0.2, 0.25) is 0 Å². The summed E-state index contributed by atoms with van der Waals surface area (Å²) in [6.07, 6.45) is 5.01. The summed E-state index contributed by atoms with van der Waals surface area (Å²) in [5.74, 6) is 0.222. The Balaban J connectivity index is 2.07. The van der Waals surface area contributed by atoms with Crippen LogP contribution >= 0.6 is 0 Å². The Morgan fingerprint density at radius 2 is 2.37 bits per heavy atom. The molecule has 0 bridgehead atoms. The number of anilines is 1. The molecule has 2 N–H and O–H groups in total. The number of benzene rings is 1. The zero-order valence-electron chi connectivity index (χ0n) is 10.8. The quantitative estimate of drug-likeness (QED) is 0.819. The van der Waals surface area contributed by atoms with Crippen LogP contribution < -0.4 is 10.1 Å². The number of para-hydroxylation sites is 1. The van der Waals surface area contributed by atoms with Gasteiger partial charge in [-0.25, -0.2) is 4.79 Å². The van der Waals surface area contributed by atoms with Crippen molar-refractivity contribution < 1.29 is 14.6 Å². The monoisotopic (exact) mass is 259 g/mol. The molecule has 0 radical (unpaired) electrons. The van der Waals surface area contributed by atoms with Gasteiger partial charge in [0.05, 0.1) is 12.3 Å². The Hall–Kier alpha value is -1.97. The Morgan fingerprint density at radius 3 is 3.11 bits per heavy atom. The van der Waals surface area contributed by atoms with Gasteiger partial charge >= 0.3 is 5.97 Å². The largest absolute Gasteiger partial charge is 0.492 e. The second-order valence-electron chi connectivity index (χ2n) is 4.97. The van der Waals surface area contributed by atoms with Gasteiger partial charge in [0.25, 0.3) is 0 Å². The van der Waals surface area contributed by atoms with Crippen LogP contribution in [0.4, 0.5) is 5.69 Å². The van der Waals surface area contributed by atoms with Crippen LogP contribution in [-0.2, 0) is 4.79 Å². The summed E-state index contributed by atoms with van der Waals surface area (Å²) in [6.45, 7) is 2.50. The van der Waals surface area contributed by atoms with Crippen molar-refractivity contribution in [1.29, 1.82) is 0 Å². The van der Waals surface area contributed by atoms with Crippen molar-refractivity contribution >= 4 is 11.7 Å². The van der Waals surface area contributed by atoms with Crippen LogP contribution in [0.15, 0.2) is 30.4 Å². The molecule has 0 unspecified atom stereocenters. The summed E-state index contributed by atoms with van der Waals surface area (Å²) in [5, 5.41) is 12.6. The normalized spacial score (nSPS) is 27.3. The smallest absolute Gasteiger partial charge is 0.326 e. The maximum atomic E-state index is 11.4. The van der Waals surface area contributed by atoms with E-state index in [9.17, 15) is 9.90 Å². The average molecular weight is 259 g/mol. The summed E-state index contributed by atoms with van der Waals surface area (Å²) in [4.78, 5) is 11.4.